The second-order valence-electron chi connectivity index (χ2n) is 13.0. The van der Waals surface area contributed by atoms with Gasteiger partial charge in [-0.05, 0) is 80.0 Å². The molecular weight excluding hydrogens is 388 g/mol. The number of hydrogen-bond acceptors (Lipinski definition) is 4. The van der Waals surface area contributed by atoms with E-state index >= 15 is 0 Å². The molecule has 6 rings (SSSR count). The molecule has 4 aliphatic carbocycles. The van der Waals surface area contributed by atoms with Crippen LogP contribution >= 0.6 is 0 Å². The van der Waals surface area contributed by atoms with E-state index in [1.807, 2.05) is 0 Å². The summed E-state index contributed by atoms with van der Waals surface area (Å²) < 4.78 is 13.2. The number of carbonyl (C=O) groups is 1. The maximum Gasteiger partial charge on any atom is 0.171 e. The van der Waals surface area contributed by atoms with Gasteiger partial charge in [0.15, 0.2) is 5.79 Å². The highest BCUT2D eigenvalue weighted by atomic mass is 16.7. The van der Waals surface area contributed by atoms with E-state index < -0.39 is 5.79 Å². The number of aliphatic hydroxyl groups excluding tert-OH is 1. The molecule has 2 saturated heterocycles. The Labute approximate surface area is 187 Å². The smallest absolute Gasteiger partial charge is 0.171 e. The molecule has 0 aromatic carbocycles. The van der Waals surface area contributed by atoms with Gasteiger partial charge in [0.05, 0.1) is 18.8 Å². The van der Waals surface area contributed by atoms with Crippen molar-refractivity contribution in [3.8, 4) is 0 Å². The molecular formula is C27H42O4. The van der Waals surface area contributed by atoms with Crippen molar-refractivity contribution in [2.75, 3.05) is 6.61 Å². The van der Waals surface area contributed by atoms with Crippen LogP contribution in [0.5, 0.6) is 0 Å². The molecule has 4 nitrogen and oxygen atoms in total. The third-order valence-corrected chi connectivity index (χ3v) is 11.8. The lowest BCUT2D eigenvalue weighted by atomic mass is 9.44. The van der Waals surface area contributed by atoms with E-state index in [4.69, 9.17) is 9.47 Å². The first kappa shape index (κ1) is 21.1. The van der Waals surface area contributed by atoms with Crippen molar-refractivity contribution in [3.63, 3.8) is 0 Å². The topological polar surface area (TPSA) is 55.8 Å². The minimum Gasteiger partial charge on any atom is -0.393 e. The molecule has 0 aromatic heterocycles. The summed E-state index contributed by atoms with van der Waals surface area (Å²) in [5, 5.41) is 10.3. The van der Waals surface area contributed by atoms with Crippen LogP contribution in [0, 0.1) is 52.3 Å². The van der Waals surface area contributed by atoms with Gasteiger partial charge in [-0.3, -0.25) is 4.79 Å². The van der Waals surface area contributed by atoms with Gasteiger partial charge in [0.25, 0.3) is 0 Å². The summed E-state index contributed by atoms with van der Waals surface area (Å²) >= 11 is 0. The van der Waals surface area contributed by atoms with Crippen LogP contribution in [0.1, 0.15) is 85.5 Å². The van der Waals surface area contributed by atoms with Crippen molar-refractivity contribution < 1.29 is 19.4 Å². The van der Waals surface area contributed by atoms with Crippen LogP contribution < -0.4 is 0 Å². The highest BCUT2D eigenvalue weighted by Crippen LogP contribution is 2.70. The molecule has 1 spiro atoms. The van der Waals surface area contributed by atoms with E-state index in [0.29, 0.717) is 41.3 Å². The molecule has 2 aliphatic heterocycles. The van der Waals surface area contributed by atoms with Gasteiger partial charge in [-0.1, -0.05) is 27.7 Å². The van der Waals surface area contributed by atoms with Crippen molar-refractivity contribution in [1.29, 1.82) is 0 Å². The molecule has 12 atom stereocenters. The first-order chi connectivity index (χ1) is 14.7. The van der Waals surface area contributed by atoms with Gasteiger partial charge in [0.2, 0.25) is 0 Å². The Morgan fingerprint density at radius 3 is 2.55 bits per heavy atom. The average Bonchev–Trinajstić information content (AvgIpc) is 3.18. The molecule has 4 heteroatoms. The SMILES string of the molecule is CC1CCC2(OC1)O[C@H]1CC3C4CC[C@H]5C[C@@H](O)CC[C@@]5(C)C4CC(=O)[C@]3(C)C1[C@@H]2C. The molecule has 31 heavy (non-hydrogen) atoms. The number of hydrogen-bond donors (Lipinski definition) is 1. The molecule has 6 unspecified atom stereocenters. The molecule has 2 heterocycles. The van der Waals surface area contributed by atoms with Crippen molar-refractivity contribution in [3.05, 3.63) is 0 Å². The van der Waals surface area contributed by atoms with Crippen LogP contribution in [0.15, 0.2) is 0 Å². The molecule has 6 aliphatic rings. The van der Waals surface area contributed by atoms with Crippen LogP contribution in [0.3, 0.4) is 0 Å². The Morgan fingerprint density at radius 1 is 1.00 bits per heavy atom. The molecule has 0 radical (unpaired) electrons. The Balaban J connectivity index is 1.30. The zero-order valence-corrected chi connectivity index (χ0v) is 19.9. The summed E-state index contributed by atoms with van der Waals surface area (Å²) in [6.07, 6.45) is 9.39. The van der Waals surface area contributed by atoms with E-state index in [9.17, 15) is 9.90 Å². The third kappa shape index (κ3) is 2.68. The quantitative estimate of drug-likeness (QED) is 0.589. The number of ether oxygens (including phenoxy) is 2. The number of Topliss-reactive ketones (excluding diaryl/α,β-unsaturated/α-hetero) is 1. The zero-order chi connectivity index (χ0) is 21.8. The number of rotatable bonds is 0. The predicted molar refractivity (Wildman–Crippen MR) is 118 cm³/mol. The largest absolute Gasteiger partial charge is 0.393 e. The number of carbonyl (C=O) groups excluding carboxylic acids is 1. The van der Waals surface area contributed by atoms with Crippen molar-refractivity contribution in [2.45, 2.75) is 103 Å². The van der Waals surface area contributed by atoms with Crippen molar-refractivity contribution in [2.24, 2.45) is 52.3 Å². The highest BCUT2D eigenvalue weighted by Gasteiger charge is 2.71. The van der Waals surface area contributed by atoms with Gasteiger partial charge in [-0.25, -0.2) is 0 Å². The molecule has 0 aromatic rings. The first-order valence-corrected chi connectivity index (χ1v) is 13.2. The normalized spacial score (nSPS) is 60.9. The standard InChI is InChI=1S/C27H42O4/c1-15-7-10-27(30-14-15)16(2)24-22(31-27)12-21-19-6-5-17-11-18(28)8-9-25(17,3)20(19)13-23(29)26(21,24)4/h15-22,24,28H,5-14H2,1-4H3/t15?,16-,17-,18-,19?,20?,21?,22-,24?,25+,26+,27?/m0/s1. The minimum absolute atomic E-state index is 0.131. The first-order valence-electron chi connectivity index (χ1n) is 13.2. The zero-order valence-electron chi connectivity index (χ0n) is 19.9. The molecule has 1 N–H and O–H groups in total. The van der Waals surface area contributed by atoms with Crippen LogP contribution in [-0.4, -0.2) is 35.5 Å². The Morgan fingerprint density at radius 2 is 1.81 bits per heavy atom. The minimum atomic E-state index is -0.448. The van der Waals surface area contributed by atoms with E-state index in [1.165, 1.54) is 12.8 Å². The van der Waals surface area contributed by atoms with Gasteiger partial charge in [-0.15, -0.1) is 0 Å². The molecule has 6 fully saturated rings. The van der Waals surface area contributed by atoms with Crippen molar-refractivity contribution in [1.82, 2.24) is 0 Å². The summed E-state index contributed by atoms with van der Waals surface area (Å²) in [4.78, 5) is 14.0. The van der Waals surface area contributed by atoms with Crippen molar-refractivity contribution >= 4 is 5.78 Å². The molecule has 174 valence electrons. The lowest BCUT2D eigenvalue weighted by Crippen LogP contribution is -2.58. The maximum absolute atomic E-state index is 14.0. The van der Waals surface area contributed by atoms with Gasteiger partial charge >= 0.3 is 0 Å². The van der Waals surface area contributed by atoms with E-state index in [-0.39, 0.29) is 29.0 Å². The van der Waals surface area contributed by atoms with Gasteiger partial charge in [0, 0.05) is 30.1 Å². The lowest BCUT2D eigenvalue weighted by molar-refractivity contribution is -0.272. The fraction of sp³-hybridized carbons (Fsp3) is 0.963. The van der Waals surface area contributed by atoms with E-state index in [0.717, 1.165) is 51.6 Å². The summed E-state index contributed by atoms with van der Waals surface area (Å²) in [5.74, 6) is 3.45. The summed E-state index contributed by atoms with van der Waals surface area (Å²) in [5.41, 5.74) is -0.0221. The fourth-order valence-corrected chi connectivity index (χ4v) is 9.93. The molecule has 4 saturated carbocycles. The summed E-state index contributed by atoms with van der Waals surface area (Å²) in [6, 6.07) is 0. The number of ketones is 1. The van der Waals surface area contributed by atoms with Gasteiger partial charge in [0.1, 0.15) is 5.78 Å². The van der Waals surface area contributed by atoms with E-state index in [1.54, 1.807) is 0 Å². The van der Waals surface area contributed by atoms with Crippen LogP contribution in [0.4, 0.5) is 0 Å². The fourth-order valence-electron chi connectivity index (χ4n) is 9.93. The molecule has 0 bridgehead atoms. The summed E-state index contributed by atoms with van der Waals surface area (Å²) in [7, 11) is 0. The highest BCUT2D eigenvalue weighted by molar-refractivity contribution is 5.87. The van der Waals surface area contributed by atoms with Gasteiger partial charge in [-0.2, -0.15) is 0 Å². The monoisotopic (exact) mass is 430 g/mol. The predicted octanol–water partition coefficient (Wildman–Crippen LogP) is 4.97. The lowest BCUT2D eigenvalue weighted by Gasteiger charge is -2.60. The van der Waals surface area contributed by atoms with Crippen LogP contribution in [0.25, 0.3) is 0 Å². The van der Waals surface area contributed by atoms with Crippen LogP contribution in [0.2, 0.25) is 0 Å². The van der Waals surface area contributed by atoms with Crippen LogP contribution in [-0.2, 0) is 14.3 Å². The molecule has 0 amide bonds. The Hall–Kier alpha value is -0.450. The maximum atomic E-state index is 14.0. The number of aliphatic hydroxyl groups is 1. The Bertz CT molecular complexity index is 756. The second-order valence-corrected chi connectivity index (χ2v) is 13.0. The Kier molecular flexibility index (Phi) is 4.62. The second kappa shape index (κ2) is 6.79. The average molecular weight is 431 g/mol. The third-order valence-electron chi connectivity index (χ3n) is 11.8. The van der Waals surface area contributed by atoms with Gasteiger partial charge < -0.3 is 14.6 Å². The summed E-state index contributed by atoms with van der Waals surface area (Å²) in [6.45, 7) is 10.1. The number of fused-ring (bicyclic) bond motifs is 7. The van der Waals surface area contributed by atoms with E-state index in [2.05, 4.69) is 27.7 Å².